The van der Waals surface area contributed by atoms with Gasteiger partial charge in [0.25, 0.3) is 0 Å². The second-order valence-electron chi connectivity index (χ2n) is 2.86. The van der Waals surface area contributed by atoms with Crippen LogP contribution in [0.5, 0.6) is 0 Å². The Labute approximate surface area is 76.0 Å². The minimum atomic E-state index is 0.515. The molecule has 0 unspecified atom stereocenters. The zero-order valence-corrected chi connectivity index (χ0v) is 7.40. The largest absolute Gasteiger partial charge is 0.396 e. The van der Waals surface area contributed by atoms with Crippen molar-refractivity contribution in [2.24, 2.45) is 0 Å². The Morgan fingerprint density at radius 1 is 1.62 bits per heavy atom. The van der Waals surface area contributed by atoms with E-state index in [0.29, 0.717) is 12.3 Å². The van der Waals surface area contributed by atoms with Crippen LogP contribution in [-0.2, 0) is 11.3 Å². The molecule has 2 N–H and O–H groups in total. The predicted octanol–water partition coefficient (Wildman–Crippen LogP) is 1.06. The fourth-order valence-corrected chi connectivity index (χ4v) is 1.30. The first kappa shape index (κ1) is 8.07. The van der Waals surface area contributed by atoms with Crippen molar-refractivity contribution >= 4 is 11.3 Å². The molecule has 4 nitrogen and oxygen atoms in total. The smallest absolute Gasteiger partial charge is 0.160 e. The van der Waals surface area contributed by atoms with Crippen LogP contribution in [0.4, 0.5) is 5.69 Å². The molecule has 0 aromatic carbocycles. The molecule has 68 valence electrons. The number of anilines is 1. The second kappa shape index (κ2) is 3.06. The van der Waals surface area contributed by atoms with Crippen molar-refractivity contribution in [3.63, 3.8) is 0 Å². The summed E-state index contributed by atoms with van der Waals surface area (Å²) in [6.45, 7) is 0.515. The average molecular weight is 177 g/mol. The molecule has 2 heterocycles. The lowest BCUT2D eigenvalue weighted by molar-refractivity contribution is 0.182. The summed E-state index contributed by atoms with van der Waals surface area (Å²) in [5.41, 5.74) is 8.10. The summed E-state index contributed by atoms with van der Waals surface area (Å²) in [4.78, 5) is 4.31. The zero-order valence-electron chi connectivity index (χ0n) is 7.40. The summed E-state index contributed by atoms with van der Waals surface area (Å²) in [5.74, 6) is 0. The molecular formula is C9H11N3O. The Kier molecular flexibility index (Phi) is 1.90. The molecule has 2 rings (SSSR count). The van der Waals surface area contributed by atoms with Gasteiger partial charge >= 0.3 is 0 Å². The first-order chi connectivity index (χ1) is 6.31. The number of pyridine rings is 1. The number of hydrogen-bond donors (Lipinski definition) is 1. The second-order valence-corrected chi connectivity index (χ2v) is 2.86. The highest BCUT2D eigenvalue weighted by Gasteiger charge is 2.02. The molecule has 0 radical (unpaired) electrons. The van der Waals surface area contributed by atoms with Crippen LogP contribution in [-0.4, -0.2) is 16.5 Å². The van der Waals surface area contributed by atoms with Crippen molar-refractivity contribution in [1.29, 1.82) is 0 Å². The van der Waals surface area contributed by atoms with E-state index in [4.69, 9.17) is 10.5 Å². The molecule has 0 atom stereocenters. The number of ether oxygens (including phenoxy) is 1. The van der Waals surface area contributed by atoms with E-state index in [2.05, 4.69) is 4.98 Å². The van der Waals surface area contributed by atoms with Crippen LogP contribution in [0, 0.1) is 0 Å². The van der Waals surface area contributed by atoms with Crippen LogP contribution in [0.1, 0.15) is 5.69 Å². The molecule has 0 amide bonds. The van der Waals surface area contributed by atoms with Gasteiger partial charge < -0.3 is 14.9 Å². The minimum Gasteiger partial charge on any atom is -0.396 e. The maximum Gasteiger partial charge on any atom is 0.160 e. The van der Waals surface area contributed by atoms with Gasteiger partial charge in [-0.15, -0.1) is 0 Å². The number of nitrogens with zero attached hydrogens (tertiary/aromatic N) is 2. The quantitative estimate of drug-likeness (QED) is 0.746. The third-order valence-electron chi connectivity index (χ3n) is 1.86. The van der Waals surface area contributed by atoms with E-state index in [9.17, 15) is 0 Å². The van der Waals surface area contributed by atoms with Gasteiger partial charge in [0.2, 0.25) is 0 Å². The zero-order chi connectivity index (χ0) is 9.26. The molecule has 2 aromatic rings. The Hall–Kier alpha value is -1.55. The van der Waals surface area contributed by atoms with E-state index in [0.717, 1.165) is 11.3 Å². The summed E-state index contributed by atoms with van der Waals surface area (Å²) in [7, 11) is 1.65. The highest BCUT2D eigenvalue weighted by atomic mass is 16.5. The Bertz CT molecular complexity index is 422. The maximum absolute atomic E-state index is 5.74. The van der Waals surface area contributed by atoms with Crippen molar-refractivity contribution in [2.45, 2.75) is 6.61 Å². The molecule has 0 fully saturated rings. The van der Waals surface area contributed by atoms with Crippen molar-refractivity contribution in [1.82, 2.24) is 9.38 Å². The minimum absolute atomic E-state index is 0.515. The Morgan fingerprint density at radius 3 is 3.15 bits per heavy atom. The predicted molar refractivity (Wildman–Crippen MR) is 50.3 cm³/mol. The SMILES string of the molecule is COCc1cn2cccc(N)c2n1. The third kappa shape index (κ3) is 1.36. The fourth-order valence-electron chi connectivity index (χ4n) is 1.30. The molecule has 13 heavy (non-hydrogen) atoms. The molecule has 0 saturated heterocycles. The van der Waals surface area contributed by atoms with Gasteiger partial charge in [-0.25, -0.2) is 4.98 Å². The number of fused-ring (bicyclic) bond motifs is 1. The van der Waals surface area contributed by atoms with E-state index in [1.54, 1.807) is 7.11 Å². The van der Waals surface area contributed by atoms with Crippen molar-refractivity contribution in [3.8, 4) is 0 Å². The van der Waals surface area contributed by atoms with E-state index >= 15 is 0 Å². The number of rotatable bonds is 2. The summed E-state index contributed by atoms with van der Waals surface area (Å²) in [6.07, 6.45) is 3.83. The number of nitrogen functional groups attached to an aromatic ring is 1. The van der Waals surface area contributed by atoms with Crippen molar-refractivity contribution < 1.29 is 4.74 Å². The normalized spacial score (nSPS) is 10.8. The number of hydrogen-bond acceptors (Lipinski definition) is 3. The van der Waals surface area contributed by atoms with Crippen LogP contribution in [0.15, 0.2) is 24.5 Å². The highest BCUT2D eigenvalue weighted by Crippen LogP contribution is 2.12. The van der Waals surface area contributed by atoms with Gasteiger partial charge in [-0.05, 0) is 12.1 Å². The molecule has 0 aliphatic rings. The molecule has 0 spiro atoms. The van der Waals surface area contributed by atoms with E-state index in [1.165, 1.54) is 0 Å². The number of aromatic nitrogens is 2. The summed E-state index contributed by atoms with van der Waals surface area (Å²) in [5, 5.41) is 0. The first-order valence-electron chi connectivity index (χ1n) is 4.02. The fraction of sp³-hybridized carbons (Fsp3) is 0.222. The van der Waals surface area contributed by atoms with Crippen LogP contribution in [0.25, 0.3) is 5.65 Å². The van der Waals surface area contributed by atoms with Gasteiger partial charge in [0, 0.05) is 19.5 Å². The lowest BCUT2D eigenvalue weighted by atomic mass is 10.4. The van der Waals surface area contributed by atoms with E-state index in [1.807, 2.05) is 28.9 Å². The lowest BCUT2D eigenvalue weighted by Crippen LogP contribution is -1.90. The third-order valence-corrected chi connectivity index (χ3v) is 1.86. The summed E-state index contributed by atoms with van der Waals surface area (Å²) < 4.78 is 6.87. The van der Waals surface area contributed by atoms with Crippen molar-refractivity contribution in [2.75, 3.05) is 12.8 Å². The molecule has 0 saturated carbocycles. The van der Waals surface area contributed by atoms with Gasteiger partial charge in [-0.2, -0.15) is 0 Å². The average Bonchev–Trinajstić information content (AvgIpc) is 2.49. The summed E-state index contributed by atoms with van der Waals surface area (Å²) in [6, 6.07) is 3.72. The number of imidazole rings is 1. The van der Waals surface area contributed by atoms with Gasteiger partial charge in [-0.3, -0.25) is 0 Å². The Balaban J connectivity index is 2.55. The molecule has 0 aliphatic heterocycles. The molecule has 0 aliphatic carbocycles. The standard InChI is InChI=1S/C9H11N3O/c1-13-6-7-5-12-4-2-3-8(10)9(12)11-7/h2-5H,6,10H2,1H3. The maximum atomic E-state index is 5.74. The molecular weight excluding hydrogens is 166 g/mol. The number of methoxy groups -OCH3 is 1. The number of nitrogens with two attached hydrogens (primary N) is 1. The Morgan fingerprint density at radius 2 is 2.46 bits per heavy atom. The molecule has 2 aromatic heterocycles. The lowest BCUT2D eigenvalue weighted by Gasteiger charge is -1.94. The van der Waals surface area contributed by atoms with Gasteiger partial charge in [0.15, 0.2) is 5.65 Å². The van der Waals surface area contributed by atoms with Gasteiger partial charge in [0.1, 0.15) is 0 Å². The van der Waals surface area contributed by atoms with Crippen LogP contribution in [0.2, 0.25) is 0 Å². The van der Waals surface area contributed by atoms with Gasteiger partial charge in [-0.1, -0.05) is 0 Å². The monoisotopic (exact) mass is 177 g/mol. The molecule has 4 heteroatoms. The first-order valence-corrected chi connectivity index (χ1v) is 4.02. The van der Waals surface area contributed by atoms with Crippen molar-refractivity contribution in [3.05, 3.63) is 30.2 Å². The van der Waals surface area contributed by atoms with Crippen LogP contribution in [0.3, 0.4) is 0 Å². The van der Waals surface area contributed by atoms with Crippen LogP contribution >= 0.6 is 0 Å². The highest BCUT2D eigenvalue weighted by molar-refractivity contribution is 5.64. The molecule has 0 bridgehead atoms. The topological polar surface area (TPSA) is 52.5 Å². The van der Waals surface area contributed by atoms with E-state index < -0.39 is 0 Å². The van der Waals surface area contributed by atoms with Crippen LogP contribution < -0.4 is 5.73 Å². The summed E-state index contributed by atoms with van der Waals surface area (Å²) >= 11 is 0. The van der Waals surface area contributed by atoms with E-state index in [-0.39, 0.29) is 0 Å². The van der Waals surface area contributed by atoms with Gasteiger partial charge in [0.05, 0.1) is 18.0 Å².